The molecule has 1 saturated heterocycles. The molecule has 1 fully saturated rings. The van der Waals surface area contributed by atoms with Gasteiger partial charge in [-0.2, -0.15) is 0 Å². The summed E-state index contributed by atoms with van der Waals surface area (Å²) in [4.78, 5) is 8.06. The third kappa shape index (κ3) is 3.05. The first-order valence-electron chi connectivity index (χ1n) is 8.87. The van der Waals surface area contributed by atoms with Gasteiger partial charge in [0.2, 0.25) is 0 Å². The summed E-state index contributed by atoms with van der Waals surface area (Å²) in [5, 5.41) is 3.49. The highest BCUT2D eigenvalue weighted by molar-refractivity contribution is 5.75. The molecular weight excluding hydrogens is 308 g/mol. The SMILES string of the molecule is Cc1cc(N)ccc1-c1ccc(-c2cnc([C@@H]3CCCN3)[nH]2)cc1C. The van der Waals surface area contributed by atoms with Gasteiger partial charge in [-0.1, -0.05) is 18.2 Å². The number of benzene rings is 2. The van der Waals surface area contributed by atoms with Gasteiger partial charge in [-0.15, -0.1) is 0 Å². The van der Waals surface area contributed by atoms with E-state index >= 15 is 0 Å². The molecule has 1 atom stereocenters. The van der Waals surface area contributed by atoms with Crippen molar-refractivity contribution in [2.45, 2.75) is 32.7 Å². The molecule has 0 saturated carbocycles. The molecule has 25 heavy (non-hydrogen) atoms. The van der Waals surface area contributed by atoms with Crippen LogP contribution >= 0.6 is 0 Å². The molecule has 4 heteroatoms. The molecule has 1 aliphatic rings. The molecule has 4 rings (SSSR count). The Labute approximate surface area is 148 Å². The zero-order chi connectivity index (χ0) is 17.4. The van der Waals surface area contributed by atoms with E-state index in [1.807, 2.05) is 18.3 Å². The zero-order valence-corrected chi connectivity index (χ0v) is 14.8. The lowest BCUT2D eigenvalue weighted by Crippen LogP contribution is -2.14. The number of anilines is 1. The molecule has 0 amide bonds. The summed E-state index contributed by atoms with van der Waals surface area (Å²) in [6, 6.07) is 13.0. The summed E-state index contributed by atoms with van der Waals surface area (Å²) in [5.41, 5.74) is 13.9. The van der Waals surface area contributed by atoms with Crippen molar-refractivity contribution in [2.75, 3.05) is 12.3 Å². The number of imidazole rings is 1. The number of nitrogens with zero attached hydrogens (tertiary/aromatic N) is 1. The third-order valence-corrected chi connectivity index (χ3v) is 5.06. The highest BCUT2D eigenvalue weighted by atomic mass is 15.0. The van der Waals surface area contributed by atoms with E-state index in [-0.39, 0.29) is 0 Å². The van der Waals surface area contributed by atoms with Gasteiger partial charge in [-0.25, -0.2) is 4.98 Å². The monoisotopic (exact) mass is 332 g/mol. The molecule has 2 aromatic carbocycles. The number of rotatable bonds is 3. The Hall–Kier alpha value is -2.59. The minimum Gasteiger partial charge on any atom is -0.399 e. The quantitative estimate of drug-likeness (QED) is 0.624. The van der Waals surface area contributed by atoms with Crippen LogP contribution in [0.1, 0.15) is 35.8 Å². The van der Waals surface area contributed by atoms with Crippen LogP contribution in [0.5, 0.6) is 0 Å². The van der Waals surface area contributed by atoms with E-state index in [1.165, 1.54) is 34.2 Å². The molecule has 0 bridgehead atoms. The summed E-state index contributed by atoms with van der Waals surface area (Å²) in [6.07, 6.45) is 4.31. The van der Waals surface area contributed by atoms with Crippen molar-refractivity contribution in [3.8, 4) is 22.4 Å². The highest BCUT2D eigenvalue weighted by Crippen LogP contribution is 2.31. The van der Waals surface area contributed by atoms with Gasteiger partial charge in [0.05, 0.1) is 17.9 Å². The van der Waals surface area contributed by atoms with Crippen LogP contribution < -0.4 is 11.1 Å². The Balaban J connectivity index is 1.65. The Bertz CT molecular complexity index is 904. The van der Waals surface area contributed by atoms with Crippen molar-refractivity contribution in [1.82, 2.24) is 15.3 Å². The van der Waals surface area contributed by atoms with Gasteiger partial charge in [-0.05, 0) is 79.3 Å². The Kier molecular flexibility index (Phi) is 4.06. The summed E-state index contributed by atoms with van der Waals surface area (Å²) in [5.74, 6) is 1.05. The minimum absolute atomic E-state index is 0.367. The second-order valence-electron chi connectivity index (χ2n) is 6.94. The topological polar surface area (TPSA) is 66.7 Å². The van der Waals surface area contributed by atoms with Crippen LogP contribution in [-0.4, -0.2) is 16.5 Å². The summed E-state index contributed by atoms with van der Waals surface area (Å²) in [7, 11) is 0. The number of nitrogens with one attached hydrogen (secondary N) is 2. The molecule has 4 N–H and O–H groups in total. The molecule has 0 radical (unpaired) electrons. The fraction of sp³-hybridized carbons (Fsp3) is 0.286. The number of aromatic amines is 1. The molecule has 0 unspecified atom stereocenters. The largest absolute Gasteiger partial charge is 0.399 e. The number of H-pyrrole nitrogens is 1. The standard InChI is InChI=1S/C21H24N4/c1-13-10-15(20-12-24-21(25-20)19-4-3-9-23-19)5-7-17(13)18-8-6-16(22)11-14(18)2/h5-8,10-12,19,23H,3-4,9,22H2,1-2H3,(H,24,25)/t19-/m0/s1. The Morgan fingerprint density at radius 2 is 1.80 bits per heavy atom. The fourth-order valence-electron chi connectivity index (χ4n) is 3.70. The maximum absolute atomic E-state index is 5.88. The van der Waals surface area contributed by atoms with Gasteiger partial charge >= 0.3 is 0 Å². The van der Waals surface area contributed by atoms with Crippen LogP contribution in [0, 0.1) is 13.8 Å². The predicted octanol–water partition coefficient (Wildman–Crippen LogP) is 4.37. The molecular formula is C21H24N4. The van der Waals surface area contributed by atoms with E-state index in [2.05, 4.69) is 53.4 Å². The second kappa shape index (κ2) is 6.37. The van der Waals surface area contributed by atoms with Crippen molar-refractivity contribution in [3.05, 3.63) is 59.5 Å². The minimum atomic E-state index is 0.367. The molecule has 4 nitrogen and oxygen atoms in total. The maximum Gasteiger partial charge on any atom is 0.123 e. The lowest BCUT2D eigenvalue weighted by Gasteiger charge is -2.12. The smallest absolute Gasteiger partial charge is 0.123 e. The van der Waals surface area contributed by atoms with E-state index < -0.39 is 0 Å². The molecule has 128 valence electrons. The van der Waals surface area contributed by atoms with Gasteiger partial charge in [0.15, 0.2) is 0 Å². The summed E-state index contributed by atoms with van der Waals surface area (Å²) in [6.45, 7) is 5.34. The van der Waals surface area contributed by atoms with Gasteiger partial charge in [0.1, 0.15) is 5.82 Å². The summed E-state index contributed by atoms with van der Waals surface area (Å²) >= 11 is 0. The third-order valence-electron chi connectivity index (χ3n) is 5.06. The first-order valence-corrected chi connectivity index (χ1v) is 8.87. The Morgan fingerprint density at radius 1 is 1.04 bits per heavy atom. The van der Waals surface area contributed by atoms with E-state index in [1.54, 1.807) is 0 Å². The molecule has 0 spiro atoms. The van der Waals surface area contributed by atoms with Crippen LogP contribution in [0.25, 0.3) is 22.4 Å². The average Bonchev–Trinajstić information content (AvgIpc) is 3.27. The van der Waals surface area contributed by atoms with E-state index in [4.69, 9.17) is 5.73 Å². The van der Waals surface area contributed by atoms with Crippen LogP contribution in [-0.2, 0) is 0 Å². The molecule has 1 aliphatic heterocycles. The number of aromatic nitrogens is 2. The molecule has 0 aliphatic carbocycles. The molecule has 1 aromatic heterocycles. The number of nitrogen functional groups attached to an aromatic ring is 1. The average molecular weight is 332 g/mol. The van der Waals surface area contributed by atoms with Gasteiger partial charge in [0.25, 0.3) is 0 Å². The Morgan fingerprint density at radius 3 is 2.48 bits per heavy atom. The molecule has 2 heterocycles. The predicted molar refractivity (Wildman–Crippen MR) is 103 cm³/mol. The maximum atomic E-state index is 5.88. The number of nitrogens with two attached hydrogens (primary N) is 1. The number of hydrogen-bond acceptors (Lipinski definition) is 3. The van der Waals surface area contributed by atoms with Gasteiger partial charge in [-0.3, -0.25) is 0 Å². The number of hydrogen-bond donors (Lipinski definition) is 3. The fourth-order valence-corrected chi connectivity index (χ4v) is 3.70. The van der Waals surface area contributed by atoms with Crippen molar-refractivity contribution < 1.29 is 0 Å². The van der Waals surface area contributed by atoms with Gasteiger partial charge in [0, 0.05) is 5.69 Å². The van der Waals surface area contributed by atoms with E-state index in [0.717, 1.165) is 30.2 Å². The van der Waals surface area contributed by atoms with E-state index in [9.17, 15) is 0 Å². The van der Waals surface area contributed by atoms with Crippen molar-refractivity contribution in [2.24, 2.45) is 0 Å². The lowest BCUT2D eigenvalue weighted by molar-refractivity contribution is 0.613. The van der Waals surface area contributed by atoms with Crippen molar-refractivity contribution in [1.29, 1.82) is 0 Å². The first kappa shape index (κ1) is 15.9. The van der Waals surface area contributed by atoms with Gasteiger partial charge < -0.3 is 16.0 Å². The highest BCUT2D eigenvalue weighted by Gasteiger charge is 2.19. The first-order chi connectivity index (χ1) is 12.1. The number of aryl methyl sites for hydroxylation is 2. The lowest BCUT2D eigenvalue weighted by atomic mass is 9.94. The van der Waals surface area contributed by atoms with Crippen LogP contribution in [0.3, 0.4) is 0 Å². The zero-order valence-electron chi connectivity index (χ0n) is 14.8. The normalized spacial score (nSPS) is 17.1. The summed E-state index contributed by atoms with van der Waals surface area (Å²) < 4.78 is 0. The van der Waals surface area contributed by atoms with Crippen LogP contribution in [0.2, 0.25) is 0 Å². The molecule has 3 aromatic rings. The van der Waals surface area contributed by atoms with E-state index in [0.29, 0.717) is 6.04 Å². The van der Waals surface area contributed by atoms with Crippen LogP contribution in [0.15, 0.2) is 42.6 Å². The second-order valence-corrected chi connectivity index (χ2v) is 6.94. The van der Waals surface area contributed by atoms with Crippen LogP contribution in [0.4, 0.5) is 5.69 Å². The van der Waals surface area contributed by atoms with Crippen molar-refractivity contribution in [3.63, 3.8) is 0 Å². The van der Waals surface area contributed by atoms with Crippen molar-refractivity contribution >= 4 is 5.69 Å².